The van der Waals surface area contributed by atoms with Gasteiger partial charge in [-0.3, -0.25) is 19.6 Å². The van der Waals surface area contributed by atoms with Crippen LogP contribution in [0.25, 0.3) is 0 Å². The first-order valence-corrected chi connectivity index (χ1v) is 11.9. The molecule has 3 aromatic carbocycles. The first-order valence-electron chi connectivity index (χ1n) is 10.4. The highest BCUT2D eigenvalue weighted by atomic mass is 32.2. The van der Waals surface area contributed by atoms with Crippen LogP contribution in [0, 0.1) is 10.1 Å². The van der Waals surface area contributed by atoms with Gasteiger partial charge in [0.1, 0.15) is 0 Å². The molecule has 1 amide bonds. The molecule has 4 rings (SSSR count). The van der Waals surface area contributed by atoms with Crippen molar-refractivity contribution in [3.8, 4) is 17.2 Å². The van der Waals surface area contributed by atoms with Gasteiger partial charge in [-0.1, -0.05) is 0 Å². The quantitative estimate of drug-likeness (QED) is 0.368. The Morgan fingerprint density at radius 2 is 1.66 bits per heavy atom. The fraction of sp³-hybridized carbons (Fsp3) is 0.174. The maximum atomic E-state index is 12.8. The zero-order valence-electron chi connectivity index (χ0n) is 18.5. The number of nitro benzene ring substituents is 1. The summed E-state index contributed by atoms with van der Waals surface area (Å²) in [6.07, 6.45) is 0.702. The lowest BCUT2D eigenvalue weighted by Crippen LogP contribution is -2.14. The van der Waals surface area contributed by atoms with Crippen LogP contribution < -0.4 is 24.2 Å². The topological polar surface area (TPSA) is 146 Å². The standard InChI is InChI=1S/C23H21N3O8S/c1-32-20-9-3-15(13-19(20)26(28)29)23(27)24-16-4-6-17(7-5-16)25-35(30,31)18-8-10-21-22(14-18)34-12-2-11-33-21/h3-10,13-14,25H,2,11-12H2,1H3,(H,24,27). The minimum Gasteiger partial charge on any atom is -0.490 e. The van der Waals surface area contributed by atoms with Crippen molar-refractivity contribution >= 4 is 33.0 Å². The fourth-order valence-electron chi connectivity index (χ4n) is 3.32. The van der Waals surface area contributed by atoms with E-state index in [1.807, 2.05) is 0 Å². The van der Waals surface area contributed by atoms with Gasteiger partial charge in [-0.05, 0) is 48.5 Å². The molecule has 0 radical (unpaired) electrons. The molecule has 1 aliphatic heterocycles. The SMILES string of the molecule is COc1ccc(C(=O)Nc2ccc(NS(=O)(=O)c3ccc4c(c3)OCCCO4)cc2)cc1[N+](=O)[O-]. The number of hydrogen-bond acceptors (Lipinski definition) is 8. The number of rotatable bonds is 7. The Labute approximate surface area is 200 Å². The number of nitro groups is 1. The Morgan fingerprint density at radius 3 is 2.34 bits per heavy atom. The number of ether oxygens (including phenoxy) is 3. The lowest BCUT2D eigenvalue weighted by molar-refractivity contribution is -0.385. The van der Waals surface area contributed by atoms with E-state index in [9.17, 15) is 23.3 Å². The van der Waals surface area contributed by atoms with Gasteiger partial charge in [-0.15, -0.1) is 0 Å². The normalized spacial score (nSPS) is 12.8. The summed E-state index contributed by atoms with van der Waals surface area (Å²) in [6.45, 7) is 0.927. The van der Waals surface area contributed by atoms with E-state index in [4.69, 9.17) is 14.2 Å². The minimum atomic E-state index is -3.91. The van der Waals surface area contributed by atoms with Gasteiger partial charge in [0, 0.05) is 35.5 Å². The molecule has 11 nitrogen and oxygen atoms in total. The zero-order valence-corrected chi connectivity index (χ0v) is 19.3. The Balaban J connectivity index is 1.45. The predicted octanol–water partition coefficient (Wildman–Crippen LogP) is 3.82. The molecule has 1 aliphatic rings. The van der Waals surface area contributed by atoms with Crippen molar-refractivity contribution in [3.63, 3.8) is 0 Å². The molecule has 182 valence electrons. The van der Waals surface area contributed by atoms with Crippen LogP contribution in [-0.4, -0.2) is 39.6 Å². The molecule has 0 fully saturated rings. The molecule has 0 aliphatic carbocycles. The van der Waals surface area contributed by atoms with Crippen molar-refractivity contribution in [1.82, 2.24) is 0 Å². The van der Waals surface area contributed by atoms with Crippen molar-refractivity contribution in [3.05, 3.63) is 76.3 Å². The van der Waals surface area contributed by atoms with E-state index >= 15 is 0 Å². The fourth-order valence-corrected chi connectivity index (χ4v) is 4.40. The van der Waals surface area contributed by atoms with Gasteiger partial charge in [0.2, 0.25) is 0 Å². The average molecular weight is 500 g/mol. The van der Waals surface area contributed by atoms with Crippen molar-refractivity contribution in [2.24, 2.45) is 0 Å². The largest absolute Gasteiger partial charge is 0.490 e. The first kappa shape index (κ1) is 23.8. The summed E-state index contributed by atoms with van der Waals surface area (Å²) < 4.78 is 44.1. The van der Waals surface area contributed by atoms with Crippen molar-refractivity contribution in [2.75, 3.05) is 30.4 Å². The van der Waals surface area contributed by atoms with Crippen LogP contribution >= 0.6 is 0 Å². The molecule has 0 bridgehead atoms. The predicted molar refractivity (Wildman–Crippen MR) is 127 cm³/mol. The zero-order chi connectivity index (χ0) is 25.0. The number of carbonyl (C=O) groups is 1. The lowest BCUT2D eigenvalue weighted by atomic mass is 10.1. The first-order chi connectivity index (χ1) is 16.8. The second kappa shape index (κ2) is 9.89. The smallest absolute Gasteiger partial charge is 0.311 e. The number of nitrogens with one attached hydrogen (secondary N) is 2. The Morgan fingerprint density at radius 1 is 0.971 bits per heavy atom. The van der Waals surface area contributed by atoms with E-state index in [0.29, 0.717) is 36.8 Å². The number of methoxy groups -OCH3 is 1. The molecule has 0 spiro atoms. The van der Waals surface area contributed by atoms with Crippen LogP contribution in [0.4, 0.5) is 17.1 Å². The number of nitrogens with zero attached hydrogens (tertiary/aromatic N) is 1. The summed E-state index contributed by atoms with van der Waals surface area (Å²) in [5, 5.41) is 13.8. The summed E-state index contributed by atoms with van der Waals surface area (Å²) in [4.78, 5) is 23.1. The monoisotopic (exact) mass is 499 g/mol. The maximum Gasteiger partial charge on any atom is 0.311 e. The van der Waals surface area contributed by atoms with E-state index in [2.05, 4.69) is 10.0 Å². The van der Waals surface area contributed by atoms with Gasteiger partial charge in [-0.25, -0.2) is 8.42 Å². The average Bonchev–Trinajstić information content (AvgIpc) is 3.09. The van der Waals surface area contributed by atoms with E-state index in [0.717, 1.165) is 6.07 Å². The molecular weight excluding hydrogens is 478 g/mol. The molecule has 0 aromatic heterocycles. The lowest BCUT2D eigenvalue weighted by Gasteiger charge is -2.12. The Kier molecular flexibility index (Phi) is 6.73. The second-order valence-electron chi connectivity index (χ2n) is 7.44. The summed E-state index contributed by atoms with van der Waals surface area (Å²) >= 11 is 0. The number of anilines is 2. The molecular formula is C23H21N3O8S. The third kappa shape index (κ3) is 5.44. The minimum absolute atomic E-state index is 0.0141. The van der Waals surface area contributed by atoms with E-state index in [1.165, 1.54) is 55.6 Å². The third-order valence-electron chi connectivity index (χ3n) is 5.06. The van der Waals surface area contributed by atoms with Gasteiger partial charge in [-0.2, -0.15) is 0 Å². The highest BCUT2D eigenvalue weighted by Crippen LogP contribution is 2.32. The molecule has 3 aromatic rings. The maximum absolute atomic E-state index is 12.8. The summed E-state index contributed by atoms with van der Waals surface area (Å²) in [5.74, 6) is 0.318. The van der Waals surface area contributed by atoms with E-state index in [1.54, 1.807) is 6.07 Å². The van der Waals surface area contributed by atoms with Gasteiger partial charge in [0.15, 0.2) is 17.2 Å². The molecule has 1 heterocycles. The van der Waals surface area contributed by atoms with Crippen molar-refractivity contribution in [1.29, 1.82) is 0 Å². The molecule has 35 heavy (non-hydrogen) atoms. The number of amides is 1. The van der Waals surface area contributed by atoms with Gasteiger partial charge in [0.05, 0.1) is 30.1 Å². The molecule has 0 atom stereocenters. The second-order valence-corrected chi connectivity index (χ2v) is 9.12. The third-order valence-corrected chi connectivity index (χ3v) is 6.44. The van der Waals surface area contributed by atoms with Gasteiger partial charge >= 0.3 is 5.69 Å². The number of carbonyl (C=O) groups excluding carboxylic acids is 1. The Hall–Kier alpha value is -4.32. The molecule has 0 unspecified atom stereocenters. The Bertz CT molecular complexity index is 1370. The number of benzene rings is 3. The molecule has 0 saturated heterocycles. The summed E-state index contributed by atoms with van der Waals surface area (Å²) in [6, 6.07) is 14.2. The highest BCUT2D eigenvalue weighted by Gasteiger charge is 2.20. The van der Waals surface area contributed by atoms with Crippen LogP contribution in [0.15, 0.2) is 65.6 Å². The number of fused-ring (bicyclic) bond motifs is 1. The highest BCUT2D eigenvalue weighted by molar-refractivity contribution is 7.92. The van der Waals surface area contributed by atoms with Crippen LogP contribution in [0.1, 0.15) is 16.8 Å². The van der Waals surface area contributed by atoms with Gasteiger partial charge in [0.25, 0.3) is 15.9 Å². The van der Waals surface area contributed by atoms with Crippen molar-refractivity contribution < 1.29 is 32.3 Å². The number of hydrogen-bond donors (Lipinski definition) is 2. The van der Waals surface area contributed by atoms with Crippen LogP contribution in [-0.2, 0) is 10.0 Å². The van der Waals surface area contributed by atoms with Crippen LogP contribution in [0.5, 0.6) is 17.2 Å². The number of sulfonamides is 1. The van der Waals surface area contributed by atoms with E-state index in [-0.39, 0.29) is 27.6 Å². The molecule has 2 N–H and O–H groups in total. The summed E-state index contributed by atoms with van der Waals surface area (Å²) in [7, 11) is -2.61. The van der Waals surface area contributed by atoms with Crippen LogP contribution in [0.3, 0.4) is 0 Å². The van der Waals surface area contributed by atoms with Crippen LogP contribution in [0.2, 0.25) is 0 Å². The van der Waals surface area contributed by atoms with E-state index < -0.39 is 20.9 Å². The van der Waals surface area contributed by atoms with Gasteiger partial charge < -0.3 is 19.5 Å². The van der Waals surface area contributed by atoms with Crippen molar-refractivity contribution in [2.45, 2.75) is 11.3 Å². The molecule has 12 heteroatoms. The molecule has 0 saturated carbocycles. The summed E-state index contributed by atoms with van der Waals surface area (Å²) in [5.41, 5.74) is 0.374.